The average Bonchev–Trinajstić information content (AvgIpc) is 2.32. The van der Waals surface area contributed by atoms with Gasteiger partial charge in [-0.05, 0) is 20.8 Å². The van der Waals surface area contributed by atoms with Crippen LogP contribution >= 0.6 is 0 Å². The fraction of sp³-hybridized carbons (Fsp3) is 1.00. The van der Waals surface area contributed by atoms with Crippen molar-refractivity contribution < 1.29 is 9.57 Å². The second-order valence-corrected chi connectivity index (χ2v) is 3.83. The smallest absolute Gasteiger partial charge is 0.178 e. The van der Waals surface area contributed by atoms with Crippen LogP contribution < -0.4 is 0 Å². The highest BCUT2D eigenvalue weighted by molar-refractivity contribution is 4.73. The molecule has 1 saturated heterocycles. The topological polar surface area (TPSA) is 21.7 Å². The van der Waals surface area contributed by atoms with Crippen LogP contribution in [-0.4, -0.2) is 30.5 Å². The number of hydrogen-bond acceptors (Lipinski definition) is 3. The molecule has 3 nitrogen and oxygen atoms in total. The molecule has 0 amide bonds. The summed E-state index contributed by atoms with van der Waals surface area (Å²) in [5.41, 5.74) is 0.0906. The van der Waals surface area contributed by atoms with Crippen molar-refractivity contribution >= 4 is 0 Å². The minimum atomic E-state index is -0.0331. The molecule has 1 unspecified atom stereocenters. The summed E-state index contributed by atoms with van der Waals surface area (Å²) >= 11 is 0. The lowest BCUT2D eigenvalue weighted by Gasteiger charge is -2.29. The lowest BCUT2D eigenvalue weighted by Crippen LogP contribution is -2.38. The molecule has 1 fully saturated rings. The van der Waals surface area contributed by atoms with Gasteiger partial charge in [0.2, 0.25) is 0 Å². The molecule has 3 heteroatoms. The highest BCUT2D eigenvalue weighted by atomic mass is 16.8. The Morgan fingerprint density at radius 1 is 1.45 bits per heavy atom. The van der Waals surface area contributed by atoms with Gasteiger partial charge in [0.05, 0.1) is 0 Å². The Balaban J connectivity index is 2.42. The van der Waals surface area contributed by atoms with Crippen molar-refractivity contribution in [2.75, 3.05) is 13.7 Å². The van der Waals surface area contributed by atoms with Gasteiger partial charge in [0, 0.05) is 25.6 Å². The Hall–Kier alpha value is -0.120. The first-order valence-electron chi connectivity index (χ1n) is 4.01. The van der Waals surface area contributed by atoms with Crippen LogP contribution in [-0.2, 0) is 9.57 Å². The lowest BCUT2D eigenvalue weighted by molar-refractivity contribution is -0.254. The molecule has 0 aromatic carbocycles. The van der Waals surface area contributed by atoms with Crippen LogP contribution in [0.25, 0.3) is 0 Å². The van der Waals surface area contributed by atoms with Gasteiger partial charge in [-0.3, -0.25) is 4.84 Å². The van der Waals surface area contributed by atoms with Crippen LogP contribution in [0.3, 0.4) is 0 Å². The molecule has 0 radical (unpaired) electrons. The predicted octanol–water partition coefficient (Wildman–Crippen LogP) is 1.39. The summed E-state index contributed by atoms with van der Waals surface area (Å²) in [5.74, 6) is 0. The Morgan fingerprint density at radius 3 is 2.36 bits per heavy atom. The molecule has 0 aliphatic carbocycles. The molecule has 66 valence electrons. The zero-order valence-corrected chi connectivity index (χ0v) is 7.76. The van der Waals surface area contributed by atoms with Crippen molar-refractivity contribution in [1.29, 1.82) is 0 Å². The van der Waals surface area contributed by atoms with Gasteiger partial charge in [0.1, 0.15) is 0 Å². The molecule has 11 heavy (non-hydrogen) atoms. The SMILES string of the molecule is COC1CCN(C(C)(C)C)O1. The fourth-order valence-corrected chi connectivity index (χ4v) is 1.12. The highest BCUT2D eigenvalue weighted by Crippen LogP contribution is 2.22. The van der Waals surface area contributed by atoms with Gasteiger partial charge >= 0.3 is 0 Å². The molecule has 1 rings (SSSR count). The standard InChI is InChI=1S/C8H17NO2/c1-8(2,3)9-6-5-7(10-4)11-9/h7H,5-6H2,1-4H3. The van der Waals surface area contributed by atoms with Gasteiger partial charge in [0.15, 0.2) is 6.29 Å². The summed E-state index contributed by atoms with van der Waals surface area (Å²) in [6, 6.07) is 0. The van der Waals surface area contributed by atoms with E-state index in [4.69, 9.17) is 9.57 Å². The molecule has 0 N–H and O–H groups in total. The Bertz CT molecular complexity index is 131. The summed E-state index contributed by atoms with van der Waals surface area (Å²) < 4.78 is 5.07. The Labute approximate surface area is 68.2 Å². The van der Waals surface area contributed by atoms with Crippen LogP contribution in [0.1, 0.15) is 27.2 Å². The minimum Gasteiger partial charge on any atom is -0.354 e. The van der Waals surface area contributed by atoms with Gasteiger partial charge in [-0.1, -0.05) is 0 Å². The number of rotatable bonds is 1. The number of nitrogens with zero attached hydrogens (tertiary/aromatic N) is 1. The molecule has 0 aromatic heterocycles. The second kappa shape index (κ2) is 3.09. The van der Waals surface area contributed by atoms with E-state index in [1.54, 1.807) is 7.11 Å². The lowest BCUT2D eigenvalue weighted by atomic mass is 10.1. The van der Waals surface area contributed by atoms with Crippen molar-refractivity contribution in [3.8, 4) is 0 Å². The van der Waals surface area contributed by atoms with Gasteiger partial charge in [-0.25, -0.2) is 0 Å². The van der Waals surface area contributed by atoms with Crippen LogP contribution in [0.2, 0.25) is 0 Å². The molecule has 1 aliphatic heterocycles. The average molecular weight is 159 g/mol. The van der Waals surface area contributed by atoms with E-state index in [0.717, 1.165) is 13.0 Å². The maximum atomic E-state index is 5.49. The molecular weight excluding hydrogens is 142 g/mol. The fourth-order valence-electron chi connectivity index (χ4n) is 1.12. The summed E-state index contributed by atoms with van der Waals surface area (Å²) in [5, 5.41) is 1.97. The molecule has 0 spiro atoms. The first-order valence-corrected chi connectivity index (χ1v) is 4.01. The summed E-state index contributed by atoms with van der Waals surface area (Å²) in [6.45, 7) is 7.35. The van der Waals surface area contributed by atoms with E-state index in [9.17, 15) is 0 Å². The van der Waals surface area contributed by atoms with E-state index >= 15 is 0 Å². The summed E-state index contributed by atoms with van der Waals surface area (Å²) in [4.78, 5) is 5.49. The molecule has 1 heterocycles. The van der Waals surface area contributed by atoms with E-state index in [0.29, 0.717) is 0 Å². The van der Waals surface area contributed by atoms with E-state index in [1.165, 1.54) is 0 Å². The first kappa shape index (κ1) is 8.97. The second-order valence-electron chi connectivity index (χ2n) is 3.83. The summed E-state index contributed by atoms with van der Waals surface area (Å²) in [6.07, 6.45) is 0.933. The molecule has 1 atom stereocenters. The Kier molecular flexibility index (Phi) is 2.52. The maximum absolute atomic E-state index is 5.49. The van der Waals surface area contributed by atoms with Gasteiger partial charge in [-0.2, -0.15) is 5.06 Å². The molecule has 0 bridgehead atoms. The third-order valence-electron chi connectivity index (χ3n) is 1.82. The number of methoxy groups -OCH3 is 1. The largest absolute Gasteiger partial charge is 0.354 e. The van der Waals surface area contributed by atoms with Gasteiger partial charge in [-0.15, -0.1) is 0 Å². The van der Waals surface area contributed by atoms with Crippen LogP contribution in [0.15, 0.2) is 0 Å². The predicted molar refractivity (Wildman–Crippen MR) is 43.0 cm³/mol. The van der Waals surface area contributed by atoms with Crippen molar-refractivity contribution in [3.05, 3.63) is 0 Å². The van der Waals surface area contributed by atoms with E-state index in [-0.39, 0.29) is 11.8 Å². The maximum Gasteiger partial charge on any atom is 0.178 e. The quantitative estimate of drug-likeness (QED) is 0.577. The normalized spacial score (nSPS) is 27.8. The van der Waals surface area contributed by atoms with Crippen molar-refractivity contribution in [1.82, 2.24) is 5.06 Å². The third kappa shape index (κ3) is 2.15. The van der Waals surface area contributed by atoms with Crippen molar-refractivity contribution in [2.45, 2.75) is 39.0 Å². The molecule has 0 aromatic rings. The van der Waals surface area contributed by atoms with E-state index in [2.05, 4.69) is 20.8 Å². The minimum absolute atomic E-state index is 0.0331. The van der Waals surface area contributed by atoms with Gasteiger partial charge < -0.3 is 4.74 Å². The molecule has 1 aliphatic rings. The van der Waals surface area contributed by atoms with Crippen molar-refractivity contribution in [2.24, 2.45) is 0 Å². The number of ether oxygens (including phenoxy) is 1. The monoisotopic (exact) mass is 159 g/mol. The van der Waals surface area contributed by atoms with Gasteiger partial charge in [0.25, 0.3) is 0 Å². The van der Waals surface area contributed by atoms with Crippen molar-refractivity contribution in [3.63, 3.8) is 0 Å². The zero-order valence-electron chi connectivity index (χ0n) is 7.76. The van der Waals surface area contributed by atoms with E-state index in [1.807, 2.05) is 5.06 Å². The molecule has 0 saturated carbocycles. The van der Waals surface area contributed by atoms with Crippen LogP contribution in [0, 0.1) is 0 Å². The van der Waals surface area contributed by atoms with E-state index < -0.39 is 0 Å². The first-order chi connectivity index (χ1) is 5.04. The van der Waals surface area contributed by atoms with Crippen LogP contribution in [0.5, 0.6) is 0 Å². The highest BCUT2D eigenvalue weighted by Gasteiger charge is 2.31. The zero-order chi connectivity index (χ0) is 8.48. The molecular formula is C8H17NO2. The number of hydroxylamine groups is 2. The Morgan fingerprint density at radius 2 is 2.09 bits per heavy atom. The summed E-state index contributed by atoms with van der Waals surface area (Å²) in [7, 11) is 1.68. The van der Waals surface area contributed by atoms with Crippen LogP contribution in [0.4, 0.5) is 0 Å². The number of hydrogen-bond donors (Lipinski definition) is 0. The third-order valence-corrected chi connectivity index (χ3v) is 1.82.